The van der Waals surface area contributed by atoms with Crippen LogP contribution in [-0.2, 0) is 14.3 Å². The number of ether oxygens (including phenoxy) is 2. The average molecular weight is 419 g/mol. The molecule has 0 bridgehead atoms. The van der Waals surface area contributed by atoms with Gasteiger partial charge in [-0.05, 0) is 29.6 Å². The predicted octanol–water partition coefficient (Wildman–Crippen LogP) is 4.54. The molecule has 0 aliphatic heterocycles. The zero-order valence-electron chi connectivity index (χ0n) is 18.6. The lowest BCUT2D eigenvalue weighted by atomic mass is 9.90. The number of Topliss-reactive ketones (excluding diaryl/α,β-unsaturated/α-hetero) is 1. The lowest BCUT2D eigenvalue weighted by Gasteiger charge is -2.26. The van der Waals surface area contributed by atoms with Gasteiger partial charge in [-0.1, -0.05) is 64.4 Å². The number of carbonyl (C=O) groups is 3. The van der Waals surface area contributed by atoms with E-state index in [0.29, 0.717) is 18.4 Å². The highest BCUT2D eigenvalue weighted by Gasteiger charge is 2.23. The Hall–Kier alpha value is -2.83. The summed E-state index contributed by atoms with van der Waals surface area (Å²) < 4.78 is 10.0. The van der Waals surface area contributed by atoms with Crippen LogP contribution in [0.4, 0.5) is 9.59 Å². The number of rotatable bonds is 11. The number of nitrogens with one attached hydrogen (secondary N) is 2. The van der Waals surface area contributed by atoms with Crippen LogP contribution in [0, 0.1) is 5.92 Å². The van der Waals surface area contributed by atoms with Crippen LogP contribution in [0.25, 0.3) is 0 Å². The van der Waals surface area contributed by atoms with Crippen LogP contribution in [0.5, 0.6) is 0 Å². The fourth-order valence-electron chi connectivity index (χ4n) is 3.10. The first-order valence-corrected chi connectivity index (χ1v) is 10.4. The van der Waals surface area contributed by atoms with Gasteiger partial charge < -0.3 is 20.1 Å². The highest BCUT2D eigenvalue weighted by Crippen LogP contribution is 2.19. The van der Waals surface area contributed by atoms with Gasteiger partial charge in [0.1, 0.15) is 12.6 Å². The summed E-state index contributed by atoms with van der Waals surface area (Å²) in [6.07, 6.45) is 2.48. The van der Waals surface area contributed by atoms with Crippen LogP contribution >= 0.6 is 0 Å². The number of methoxy groups -OCH3 is 1. The van der Waals surface area contributed by atoms with Gasteiger partial charge in [0, 0.05) is 6.42 Å². The van der Waals surface area contributed by atoms with E-state index < -0.39 is 18.2 Å². The van der Waals surface area contributed by atoms with Gasteiger partial charge >= 0.3 is 12.2 Å². The molecule has 0 aliphatic rings. The maximum absolute atomic E-state index is 12.3. The van der Waals surface area contributed by atoms with Crippen molar-refractivity contribution in [1.82, 2.24) is 10.6 Å². The van der Waals surface area contributed by atoms with Gasteiger partial charge in [-0.25, -0.2) is 9.59 Å². The van der Waals surface area contributed by atoms with Gasteiger partial charge in [0.05, 0.1) is 13.2 Å². The largest absolute Gasteiger partial charge is 0.453 e. The fraction of sp³-hybridized carbons (Fsp3) is 0.522. The van der Waals surface area contributed by atoms with E-state index in [2.05, 4.69) is 10.6 Å². The molecule has 0 saturated heterocycles. The maximum atomic E-state index is 12.3. The Labute approximate surface area is 179 Å². The lowest BCUT2D eigenvalue weighted by Crippen LogP contribution is -2.40. The number of alkyl carbamates (subject to hydrolysis) is 2. The molecule has 7 heteroatoms. The quantitative estimate of drug-likeness (QED) is 0.515. The Morgan fingerprint density at radius 3 is 2.20 bits per heavy atom. The average Bonchev–Trinajstić information content (AvgIpc) is 2.78. The number of benzene rings is 1. The molecule has 166 valence electrons. The number of ketones is 1. The standard InChI is InChI=1S/C23H34N2O5/c1-6-16(4)20(24-22(27)29-5)17(7-2)14-15-30-23(28)25-21(19(26)8-3)18-12-10-9-11-13-18/h9-14,16,20-21H,6-8,15H2,1-5H3,(H,24,27)(H,25,28). The molecular formula is C23H34N2O5. The molecule has 3 atom stereocenters. The SMILES string of the molecule is CCC(=O)C(NC(=O)OCC=C(CC)C(NC(=O)OC)C(C)CC)c1ccccc1. The van der Waals surface area contributed by atoms with Crippen molar-refractivity contribution >= 4 is 18.0 Å². The summed E-state index contributed by atoms with van der Waals surface area (Å²) in [5.74, 6) is 0.0933. The van der Waals surface area contributed by atoms with E-state index >= 15 is 0 Å². The maximum Gasteiger partial charge on any atom is 0.408 e. The minimum atomic E-state index is -0.743. The third-order valence-electron chi connectivity index (χ3n) is 5.10. The molecule has 1 aromatic rings. The smallest absolute Gasteiger partial charge is 0.408 e. The van der Waals surface area contributed by atoms with Gasteiger partial charge in [0.25, 0.3) is 0 Å². The first kappa shape index (κ1) is 25.2. The minimum Gasteiger partial charge on any atom is -0.453 e. The first-order chi connectivity index (χ1) is 14.4. The minimum absolute atomic E-state index is 0.0343. The second-order valence-corrected chi connectivity index (χ2v) is 7.04. The molecule has 2 amide bonds. The Bertz CT molecular complexity index is 718. The monoisotopic (exact) mass is 418 g/mol. The molecule has 0 fully saturated rings. The topological polar surface area (TPSA) is 93.7 Å². The van der Waals surface area contributed by atoms with E-state index in [-0.39, 0.29) is 24.3 Å². The Balaban J connectivity index is 2.81. The first-order valence-electron chi connectivity index (χ1n) is 10.4. The second kappa shape index (κ2) is 13.4. The fourth-order valence-corrected chi connectivity index (χ4v) is 3.10. The van der Waals surface area contributed by atoms with Crippen molar-refractivity contribution < 1.29 is 23.9 Å². The Kier molecular flexibility index (Phi) is 11.3. The summed E-state index contributed by atoms with van der Waals surface area (Å²) in [5, 5.41) is 5.50. The van der Waals surface area contributed by atoms with Gasteiger partial charge in [-0.15, -0.1) is 0 Å². The molecular weight excluding hydrogens is 384 g/mol. The number of hydrogen-bond acceptors (Lipinski definition) is 5. The van der Waals surface area contributed by atoms with Crippen molar-refractivity contribution in [1.29, 1.82) is 0 Å². The van der Waals surface area contributed by atoms with Gasteiger partial charge in [0.15, 0.2) is 5.78 Å². The molecule has 30 heavy (non-hydrogen) atoms. The molecule has 0 aliphatic carbocycles. The van der Waals surface area contributed by atoms with Crippen LogP contribution in [0.1, 0.15) is 58.6 Å². The third kappa shape index (κ3) is 7.89. The van der Waals surface area contributed by atoms with E-state index in [4.69, 9.17) is 9.47 Å². The molecule has 0 saturated carbocycles. The van der Waals surface area contributed by atoms with Crippen LogP contribution < -0.4 is 10.6 Å². The third-order valence-corrected chi connectivity index (χ3v) is 5.10. The second-order valence-electron chi connectivity index (χ2n) is 7.04. The zero-order valence-corrected chi connectivity index (χ0v) is 18.6. The van der Waals surface area contributed by atoms with Crippen molar-refractivity contribution in [3.8, 4) is 0 Å². The summed E-state index contributed by atoms with van der Waals surface area (Å²) in [6.45, 7) is 7.85. The molecule has 0 radical (unpaired) electrons. The van der Waals surface area contributed by atoms with Gasteiger partial charge in [-0.2, -0.15) is 0 Å². The van der Waals surface area contributed by atoms with E-state index in [9.17, 15) is 14.4 Å². The number of carbonyl (C=O) groups excluding carboxylic acids is 3. The highest BCUT2D eigenvalue weighted by atomic mass is 16.5. The van der Waals surface area contributed by atoms with Crippen LogP contribution in [0.3, 0.4) is 0 Å². The normalized spacial score (nSPS) is 14.2. The van der Waals surface area contributed by atoms with Crippen molar-refractivity contribution in [3.05, 3.63) is 47.5 Å². The summed E-state index contributed by atoms with van der Waals surface area (Å²) >= 11 is 0. The van der Waals surface area contributed by atoms with Crippen LogP contribution in [0.2, 0.25) is 0 Å². The molecule has 0 spiro atoms. The van der Waals surface area contributed by atoms with Gasteiger partial charge in [-0.3, -0.25) is 4.79 Å². The summed E-state index contributed by atoms with van der Waals surface area (Å²) in [5.41, 5.74) is 1.66. The molecule has 1 aromatic carbocycles. The van der Waals surface area contributed by atoms with Gasteiger partial charge in [0.2, 0.25) is 0 Å². The summed E-state index contributed by atoms with van der Waals surface area (Å²) in [4.78, 5) is 36.3. The Morgan fingerprint density at radius 1 is 1.00 bits per heavy atom. The lowest BCUT2D eigenvalue weighted by molar-refractivity contribution is -0.120. The molecule has 7 nitrogen and oxygen atoms in total. The van der Waals surface area contributed by atoms with Crippen molar-refractivity contribution in [3.63, 3.8) is 0 Å². The highest BCUT2D eigenvalue weighted by molar-refractivity contribution is 5.88. The molecule has 0 heterocycles. The van der Waals surface area contributed by atoms with E-state index in [1.165, 1.54) is 7.11 Å². The predicted molar refractivity (Wildman–Crippen MR) is 116 cm³/mol. The summed E-state index contributed by atoms with van der Waals surface area (Å²) in [6, 6.07) is 8.12. The van der Waals surface area contributed by atoms with Crippen LogP contribution in [0.15, 0.2) is 42.0 Å². The van der Waals surface area contributed by atoms with E-state index in [1.54, 1.807) is 25.1 Å². The van der Waals surface area contributed by atoms with Crippen molar-refractivity contribution in [2.75, 3.05) is 13.7 Å². The van der Waals surface area contributed by atoms with Crippen molar-refractivity contribution in [2.24, 2.45) is 5.92 Å². The molecule has 2 N–H and O–H groups in total. The van der Waals surface area contributed by atoms with Crippen molar-refractivity contribution in [2.45, 2.75) is 59.0 Å². The Morgan fingerprint density at radius 2 is 1.67 bits per heavy atom. The van der Waals surface area contributed by atoms with E-state index in [1.807, 2.05) is 39.0 Å². The van der Waals surface area contributed by atoms with E-state index in [0.717, 1.165) is 12.0 Å². The van der Waals surface area contributed by atoms with Crippen LogP contribution in [-0.4, -0.2) is 37.7 Å². The molecule has 3 unspecified atom stereocenters. The summed E-state index contributed by atoms with van der Waals surface area (Å²) in [7, 11) is 1.33. The molecule has 0 aromatic heterocycles. The number of hydrogen-bond donors (Lipinski definition) is 2. The number of amides is 2. The zero-order chi connectivity index (χ0) is 22.5. The molecule has 1 rings (SSSR count).